The Labute approximate surface area is 210 Å². The maximum atomic E-state index is 9.32. The van der Waals surface area contributed by atoms with Crippen LogP contribution in [0, 0.1) is 39.0 Å². The van der Waals surface area contributed by atoms with Crippen molar-refractivity contribution in [2.75, 3.05) is 10.6 Å². The smallest absolute Gasteiger partial charge is 0.140 e. The summed E-state index contributed by atoms with van der Waals surface area (Å²) in [5.74, 6) is 0. The van der Waals surface area contributed by atoms with Crippen molar-refractivity contribution >= 4 is 11.4 Å². The lowest BCUT2D eigenvalue weighted by atomic mass is 10.0. The van der Waals surface area contributed by atoms with E-state index in [1.54, 1.807) is 0 Å². The molecule has 0 aliphatic rings. The van der Waals surface area contributed by atoms with Crippen LogP contribution in [0.4, 0.5) is 11.4 Å². The van der Waals surface area contributed by atoms with Gasteiger partial charge in [-0.25, -0.2) is 0 Å². The SMILES string of the molecule is Cc1cccc(NC(C#N)c2ccccc2C)c1.Cc1cccc(NC(C)c2ccccc2C)c1. The molecule has 0 radical (unpaired) electrons. The maximum Gasteiger partial charge on any atom is 0.140 e. The standard InChI is InChI=1S/C16H16N2.C16H19N/c1-12-6-5-8-14(10-12)18-16(11-17)15-9-4-3-7-13(15)2;1-12-7-6-9-15(11-12)17-14(3)16-10-5-4-8-13(16)2/h3-10,16,18H,1-2H3;4-11,14,17H,1-3H3. The van der Waals surface area contributed by atoms with Crippen molar-refractivity contribution in [2.24, 2.45) is 0 Å². The van der Waals surface area contributed by atoms with Gasteiger partial charge in [0.2, 0.25) is 0 Å². The van der Waals surface area contributed by atoms with E-state index < -0.39 is 0 Å². The zero-order chi connectivity index (χ0) is 25.2. The van der Waals surface area contributed by atoms with Crippen LogP contribution < -0.4 is 10.6 Å². The molecule has 0 aromatic heterocycles. The van der Waals surface area contributed by atoms with Gasteiger partial charge in [0.15, 0.2) is 0 Å². The summed E-state index contributed by atoms with van der Waals surface area (Å²) >= 11 is 0. The highest BCUT2D eigenvalue weighted by atomic mass is 14.9. The molecule has 0 aliphatic carbocycles. The second-order valence-corrected chi connectivity index (χ2v) is 9.02. The molecular formula is C32H35N3. The van der Waals surface area contributed by atoms with E-state index >= 15 is 0 Å². The average molecular weight is 462 g/mol. The van der Waals surface area contributed by atoms with E-state index in [2.05, 4.69) is 86.0 Å². The number of anilines is 2. The first-order valence-electron chi connectivity index (χ1n) is 12.0. The first-order chi connectivity index (χ1) is 16.9. The monoisotopic (exact) mass is 461 g/mol. The summed E-state index contributed by atoms with van der Waals surface area (Å²) in [6, 6.07) is 35.4. The van der Waals surface area contributed by atoms with Gasteiger partial charge in [-0.05, 0) is 92.3 Å². The molecule has 35 heavy (non-hydrogen) atoms. The summed E-state index contributed by atoms with van der Waals surface area (Å²) in [5.41, 5.74) is 9.47. The highest BCUT2D eigenvalue weighted by molar-refractivity contribution is 5.50. The zero-order valence-electron chi connectivity index (χ0n) is 21.3. The third-order valence-electron chi connectivity index (χ3n) is 6.01. The van der Waals surface area contributed by atoms with Crippen molar-refractivity contribution in [3.05, 3.63) is 130 Å². The van der Waals surface area contributed by atoms with E-state index in [0.29, 0.717) is 6.04 Å². The van der Waals surface area contributed by atoms with Gasteiger partial charge in [0.25, 0.3) is 0 Å². The molecule has 4 rings (SSSR count). The molecule has 178 valence electrons. The maximum absolute atomic E-state index is 9.32. The number of hydrogen-bond acceptors (Lipinski definition) is 3. The molecule has 4 aromatic rings. The van der Waals surface area contributed by atoms with Crippen LogP contribution in [-0.4, -0.2) is 0 Å². The van der Waals surface area contributed by atoms with E-state index in [-0.39, 0.29) is 6.04 Å². The number of aryl methyl sites for hydroxylation is 4. The van der Waals surface area contributed by atoms with Crippen LogP contribution >= 0.6 is 0 Å². The number of nitrogens with zero attached hydrogens (tertiary/aromatic N) is 1. The zero-order valence-corrected chi connectivity index (χ0v) is 21.3. The molecule has 0 saturated carbocycles. The van der Waals surface area contributed by atoms with Crippen LogP contribution in [0.3, 0.4) is 0 Å². The van der Waals surface area contributed by atoms with Crippen molar-refractivity contribution in [3.8, 4) is 6.07 Å². The Morgan fingerprint density at radius 2 is 1.09 bits per heavy atom. The molecule has 0 spiro atoms. The van der Waals surface area contributed by atoms with Gasteiger partial charge < -0.3 is 10.6 Å². The minimum Gasteiger partial charge on any atom is -0.379 e. The number of nitriles is 1. The Bertz CT molecular complexity index is 1290. The van der Waals surface area contributed by atoms with Crippen LogP contribution in [0.2, 0.25) is 0 Å². The number of hydrogen-bond donors (Lipinski definition) is 2. The Morgan fingerprint density at radius 1 is 0.600 bits per heavy atom. The van der Waals surface area contributed by atoms with Crippen molar-refractivity contribution < 1.29 is 0 Å². The molecule has 0 bridgehead atoms. The van der Waals surface area contributed by atoms with Gasteiger partial charge in [0.05, 0.1) is 6.07 Å². The van der Waals surface area contributed by atoms with Crippen molar-refractivity contribution in [1.29, 1.82) is 5.26 Å². The van der Waals surface area contributed by atoms with Crippen LogP contribution in [-0.2, 0) is 0 Å². The quantitative estimate of drug-likeness (QED) is 0.303. The third kappa shape index (κ3) is 7.48. The van der Waals surface area contributed by atoms with Crippen LogP contribution in [0.5, 0.6) is 0 Å². The summed E-state index contributed by atoms with van der Waals surface area (Å²) in [4.78, 5) is 0. The van der Waals surface area contributed by atoms with Gasteiger partial charge in [-0.15, -0.1) is 0 Å². The molecule has 2 unspecified atom stereocenters. The minimum absolute atomic E-state index is 0.312. The molecule has 0 fully saturated rings. The van der Waals surface area contributed by atoms with Crippen LogP contribution in [0.1, 0.15) is 52.4 Å². The van der Waals surface area contributed by atoms with E-state index in [1.807, 2.05) is 62.4 Å². The van der Waals surface area contributed by atoms with Crippen molar-refractivity contribution in [1.82, 2.24) is 0 Å². The van der Waals surface area contributed by atoms with E-state index in [1.165, 1.54) is 27.9 Å². The Hall–Kier alpha value is -4.03. The predicted molar refractivity (Wildman–Crippen MR) is 149 cm³/mol. The molecule has 2 N–H and O–H groups in total. The molecule has 4 aromatic carbocycles. The van der Waals surface area contributed by atoms with Gasteiger partial charge in [-0.3, -0.25) is 0 Å². The summed E-state index contributed by atoms with van der Waals surface area (Å²) in [5, 5.41) is 16.1. The second-order valence-electron chi connectivity index (χ2n) is 9.02. The summed E-state index contributed by atoms with van der Waals surface area (Å²) in [7, 11) is 0. The van der Waals surface area contributed by atoms with Crippen molar-refractivity contribution in [3.63, 3.8) is 0 Å². The first kappa shape index (κ1) is 25.6. The highest BCUT2D eigenvalue weighted by Crippen LogP contribution is 2.23. The highest BCUT2D eigenvalue weighted by Gasteiger charge is 2.12. The molecular weight excluding hydrogens is 426 g/mol. The van der Waals surface area contributed by atoms with E-state index in [0.717, 1.165) is 16.8 Å². The van der Waals surface area contributed by atoms with E-state index in [4.69, 9.17) is 0 Å². The summed E-state index contributed by atoms with van der Waals surface area (Å²) < 4.78 is 0. The van der Waals surface area contributed by atoms with Gasteiger partial charge in [0, 0.05) is 17.4 Å². The Kier molecular flexibility index (Phi) is 9.09. The predicted octanol–water partition coefficient (Wildman–Crippen LogP) is 8.46. The molecule has 0 aliphatic heterocycles. The summed E-state index contributed by atoms with van der Waals surface area (Å²) in [6.07, 6.45) is 0. The fraction of sp³-hybridized carbons (Fsp3) is 0.219. The van der Waals surface area contributed by atoms with Crippen LogP contribution in [0.15, 0.2) is 97.1 Å². The fourth-order valence-electron chi connectivity index (χ4n) is 4.13. The topological polar surface area (TPSA) is 47.9 Å². The lowest BCUT2D eigenvalue weighted by Crippen LogP contribution is -2.09. The molecule has 3 heteroatoms. The Morgan fingerprint density at radius 3 is 1.57 bits per heavy atom. The normalized spacial score (nSPS) is 11.9. The second kappa shape index (κ2) is 12.4. The molecule has 0 amide bonds. The number of rotatable bonds is 6. The number of benzene rings is 4. The lowest BCUT2D eigenvalue weighted by Gasteiger charge is -2.18. The minimum atomic E-state index is -0.312. The largest absolute Gasteiger partial charge is 0.379 e. The molecule has 3 nitrogen and oxygen atoms in total. The lowest BCUT2D eigenvalue weighted by molar-refractivity contribution is 0.874. The Balaban J connectivity index is 0.000000196. The molecule has 2 atom stereocenters. The average Bonchev–Trinajstić information content (AvgIpc) is 2.84. The van der Waals surface area contributed by atoms with E-state index in [9.17, 15) is 5.26 Å². The number of nitrogens with one attached hydrogen (secondary N) is 2. The van der Waals surface area contributed by atoms with Crippen molar-refractivity contribution in [2.45, 2.75) is 46.7 Å². The molecule has 0 heterocycles. The first-order valence-corrected chi connectivity index (χ1v) is 12.0. The van der Waals surface area contributed by atoms with Gasteiger partial charge in [0.1, 0.15) is 6.04 Å². The molecule has 0 saturated heterocycles. The van der Waals surface area contributed by atoms with Gasteiger partial charge in [-0.1, -0.05) is 72.8 Å². The van der Waals surface area contributed by atoms with Crippen LogP contribution in [0.25, 0.3) is 0 Å². The fourth-order valence-corrected chi connectivity index (χ4v) is 4.13. The summed E-state index contributed by atoms with van der Waals surface area (Å²) in [6.45, 7) is 10.5. The van der Waals surface area contributed by atoms with Gasteiger partial charge >= 0.3 is 0 Å². The third-order valence-corrected chi connectivity index (χ3v) is 6.01. The van der Waals surface area contributed by atoms with Gasteiger partial charge in [-0.2, -0.15) is 5.26 Å².